The molecule has 2 aromatic rings. The molecule has 3 rings (SSSR count). The van der Waals surface area contributed by atoms with Crippen molar-refractivity contribution in [3.05, 3.63) is 52.5 Å². The lowest BCUT2D eigenvalue weighted by Gasteiger charge is -2.15. The third kappa shape index (κ3) is 4.98. The first-order valence-electron chi connectivity index (χ1n) is 8.85. The van der Waals surface area contributed by atoms with Crippen molar-refractivity contribution in [2.24, 2.45) is 4.99 Å². The van der Waals surface area contributed by atoms with Crippen molar-refractivity contribution in [3.8, 4) is 17.2 Å². The number of hydrogen-bond acceptors (Lipinski definition) is 4. The van der Waals surface area contributed by atoms with Gasteiger partial charge in [-0.15, -0.1) is 0 Å². The lowest BCUT2D eigenvalue weighted by molar-refractivity contribution is 0.297. The molecule has 27 heavy (non-hydrogen) atoms. The summed E-state index contributed by atoms with van der Waals surface area (Å²) in [7, 11) is 3.40. The molecule has 0 saturated carbocycles. The fourth-order valence-corrected chi connectivity index (χ4v) is 3.11. The van der Waals surface area contributed by atoms with Crippen LogP contribution in [0.1, 0.15) is 17.5 Å². The molecule has 1 aliphatic heterocycles. The number of methoxy groups -OCH3 is 1. The smallest absolute Gasteiger partial charge is 0.191 e. The van der Waals surface area contributed by atoms with Crippen LogP contribution in [-0.4, -0.2) is 33.3 Å². The first-order chi connectivity index (χ1) is 13.2. The van der Waals surface area contributed by atoms with Gasteiger partial charge in [0.2, 0.25) is 0 Å². The number of fused-ring (bicyclic) bond motifs is 1. The average Bonchev–Trinajstić information content (AvgIpc) is 2.94. The second kappa shape index (κ2) is 9.37. The Morgan fingerprint density at radius 2 is 1.93 bits per heavy atom. The fourth-order valence-electron chi connectivity index (χ4n) is 2.82. The lowest BCUT2D eigenvalue weighted by atomic mass is 10.2. The standard InChI is InChI=1S/C20H24ClN3O3/c1-22-20(24-13-15-6-3-4-7-17(15)25-2)23-12-14-10-16(21)19-18(11-14)26-8-5-9-27-19/h3-4,6-7,10-11H,5,8-9,12-13H2,1-2H3,(H2,22,23,24). The number of nitrogens with zero attached hydrogens (tertiary/aromatic N) is 1. The molecule has 7 heteroatoms. The molecule has 2 N–H and O–H groups in total. The molecule has 0 spiro atoms. The Bertz CT molecular complexity index is 811. The predicted molar refractivity (Wildman–Crippen MR) is 107 cm³/mol. The monoisotopic (exact) mass is 389 g/mol. The van der Waals surface area contributed by atoms with Crippen molar-refractivity contribution in [2.45, 2.75) is 19.5 Å². The van der Waals surface area contributed by atoms with Crippen LogP contribution in [0, 0.1) is 0 Å². The molecule has 0 aromatic heterocycles. The molecule has 0 amide bonds. The highest BCUT2D eigenvalue weighted by atomic mass is 35.5. The van der Waals surface area contributed by atoms with E-state index in [0.717, 1.165) is 23.3 Å². The molecule has 0 fully saturated rings. The van der Waals surface area contributed by atoms with Crippen LogP contribution in [0.3, 0.4) is 0 Å². The van der Waals surface area contributed by atoms with Crippen LogP contribution in [0.2, 0.25) is 5.02 Å². The van der Waals surface area contributed by atoms with Crippen LogP contribution < -0.4 is 24.8 Å². The van der Waals surface area contributed by atoms with Gasteiger partial charge in [-0.3, -0.25) is 4.99 Å². The van der Waals surface area contributed by atoms with Gasteiger partial charge in [0.1, 0.15) is 5.75 Å². The van der Waals surface area contributed by atoms with E-state index in [1.165, 1.54) is 0 Å². The summed E-state index contributed by atoms with van der Waals surface area (Å²) in [4.78, 5) is 4.26. The van der Waals surface area contributed by atoms with E-state index in [-0.39, 0.29) is 0 Å². The maximum absolute atomic E-state index is 6.35. The minimum atomic E-state index is 0.557. The van der Waals surface area contributed by atoms with Crippen molar-refractivity contribution in [3.63, 3.8) is 0 Å². The van der Waals surface area contributed by atoms with Gasteiger partial charge < -0.3 is 24.8 Å². The van der Waals surface area contributed by atoms with Gasteiger partial charge in [-0.25, -0.2) is 0 Å². The van der Waals surface area contributed by atoms with Gasteiger partial charge in [-0.1, -0.05) is 29.8 Å². The number of aliphatic imine (C=N–C) groups is 1. The SMILES string of the molecule is CN=C(NCc1cc(Cl)c2c(c1)OCCCO2)NCc1ccccc1OC. The van der Waals surface area contributed by atoms with E-state index in [9.17, 15) is 0 Å². The van der Waals surface area contributed by atoms with Crippen molar-refractivity contribution in [2.75, 3.05) is 27.4 Å². The van der Waals surface area contributed by atoms with Gasteiger partial charge >= 0.3 is 0 Å². The van der Waals surface area contributed by atoms with Crippen LogP contribution in [0.25, 0.3) is 0 Å². The van der Waals surface area contributed by atoms with Crippen molar-refractivity contribution in [1.29, 1.82) is 0 Å². The number of hydrogen-bond donors (Lipinski definition) is 2. The Hall–Kier alpha value is -2.60. The van der Waals surface area contributed by atoms with Crippen LogP contribution in [-0.2, 0) is 13.1 Å². The molecule has 144 valence electrons. The molecule has 1 aliphatic rings. The molecule has 0 atom stereocenters. The van der Waals surface area contributed by atoms with E-state index in [1.54, 1.807) is 14.2 Å². The average molecular weight is 390 g/mol. The van der Waals surface area contributed by atoms with Gasteiger partial charge in [-0.05, 0) is 23.8 Å². The zero-order valence-electron chi connectivity index (χ0n) is 15.5. The van der Waals surface area contributed by atoms with Crippen LogP contribution in [0.15, 0.2) is 41.4 Å². The highest BCUT2D eigenvalue weighted by Gasteiger charge is 2.15. The minimum absolute atomic E-state index is 0.557. The third-order valence-electron chi connectivity index (χ3n) is 4.18. The second-order valence-electron chi connectivity index (χ2n) is 6.05. The normalized spacial score (nSPS) is 13.7. The summed E-state index contributed by atoms with van der Waals surface area (Å²) in [5, 5.41) is 7.13. The van der Waals surface area contributed by atoms with Crippen LogP contribution in [0.5, 0.6) is 17.2 Å². The highest BCUT2D eigenvalue weighted by molar-refractivity contribution is 6.32. The summed E-state index contributed by atoms with van der Waals surface area (Å²) >= 11 is 6.35. The van der Waals surface area contributed by atoms with Gasteiger partial charge in [0.05, 0.1) is 25.3 Å². The summed E-state index contributed by atoms with van der Waals surface area (Å²) in [6, 6.07) is 11.7. The summed E-state index contributed by atoms with van der Waals surface area (Å²) in [5.41, 5.74) is 2.05. The molecule has 0 aliphatic carbocycles. The van der Waals surface area contributed by atoms with Crippen molar-refractivity contribution >= 4 is 17.6 Å². The van der Waals surface area contributed by atoms with E-state index < -0.39 is 0 Å². The molecule has 0 radical (unpaired) electrons. The lowest BCUT2D eigenvalue weighted by Crippen LogP contribution is -2.36. The van der Waals surface area contributed by atoms with E-state index >= 15 is 0 Å². The van der Waals surface area contributed by atoms with Crippen LogP contribution in [0.4, 0.5) is 0 Å². The van der Waals surface area contributed by atoms with Crippen molar-refractivity contribution < 1.29 is 14.2 Å². The Morgan fingerprint density at radius 3 is 2.74 bits per heavy atom. The number of guanidine groups is 1. The number of rotatable bonds is 5. The molecule has 0 saturated heterocycles. The van der Waals surface area contributed by atoms with Crippen LogP contribution >= 0.6 is 11.6 Å². The molecule has 1 heterocycles. The number of benzene rings is 2. The van der Waals surface area contributed by atoms with Gasteiger partial charge in [0, 0.05) is 32.1 Å². The number of ether oxygens (including phenoxy) is 3. The summed E-state index contributed by atoms with van der Waals surface area (Å²) < 4.78 is 16.8. The largest absolute Gasteiger partial charge is 0.496 e. The molecule has 2 aromatic carbocycles. The van der Waals surface area contributed by atoms with Crippen molar-refractivity contribution in [1.82, 2.24) is 10.6 Å². The number of para-hydroxylation sites is 1. The van der Waals surface area contributed by atoms with E-state index in [0.29, 0.717) is 48.8 Å². The summed E-state index contributed by atoms with van der Waals surface area (Å²) in [6.45, 7) is 2.40. The quantitative estimate of drug-likeness (QED) is 0.606. The van der Waals surface area contributed by atoms with Gasteiger partial charge in [-0.2, -0.15) is 0 Å². The Labute approximate surface area is 164 Å². The predicted octanol–water partition coefficient (Wildman–Crippen LogP) is 3.38. The topological polar surface area (TPSA) is 64.1 Å². The zero-order chi connectivity index (χ0) is 19.1. The first-order valence-corrected chi connectivity index (χ1v) is 9.23. The number of halogens is 1. The second-order valence-corrected chi connectivity index (χ2v) is 6.45. The maximum Gasteiger partial charge on any atom is 0.191 e. The minimum Gasteiger partial charge on any atom is -0.496 e. The highest BCUT2D eigenvalue weighted by Crippen LogP contribution is 2.37. The fraction of sp³-hybridized carbons (Fsp3) is 0.350. The Kier molecular flexibility index (Phi) is 6.65. The zero-order valence-corrected chi connectivity index (χ0v) is 16.3. The molecule has 0 unspecified atom stereocenters. The Morgan fingerprint density at radius 1 is 1.15 bits per heavy atom. The molecular weight excluding hydrogens is 366 g/mol. The number of nitrogens with one attached hydrogen (secondary N) is 2. The third-order valence-corrected chi connectivity index (χ3v) is 4.47. The molecule has 6 nitrogen and oxygen atoms in total. The van der Waals surface area contributed by atoms with Gasteiger partial charge in [0.25, 0.3) is 0 Å². The Balaban J connectivity index is 1.61. The summed E-state index contributed by atoms with van der Waals surface area (Å²) in [5.74, 6) is 2.84. The first kappa shape index (κ1) is 19.2. The van der Waals surface area contributed by atoms with E-state index in [4.69, 9.17) is 25.8 Å². The van der Waals surface area contributed by atoms with E-state index in [2.05, 4.69) is 15.6 Å². The van der Waals surface area contributed by atoms with Gasteiger partial charge in [0.15, 0.2) is 17.5 Å². The summed E-state index contributed by atoms with van der Waals surface area (Å²) in [6.07, 6.45) is 0.845. The molecule has 0 bridgehead atoms. The maximum atomic E-state index is 6.35. The van der Waals surface area contributed by atoms with E-state index in [1.807, 2.05) is 36.4 Å². The molecular formula is C20H24ClN3O3.